The smallest absolute Gasteiger partial charge is 0.254 e. The summed E-state index contributed by atoms with van der Waals surface area (Å²) in [5, 5.41) is 4.39. The lowest BCUT2D eigenvalue weighted by Gasteiger charge is -2.30. The Morgan fingerprint density at radius 2 is 1.94 bits per heavy atom. The minimum Gasteiger partial charge on any atom is -0.331 e. The zero-order chi connectivity index (χ0) is 21.4. The maximum atomic E-state index is 14.1. The van der Waals surface area contributed by atoms with Crippen LogP contribution < -0.4 is 0 Å². The highest BCUT2D eigenvalue weighted by Gasteiger charge is 2.49. The Bertz CT molecular complexity index is 1070. The van der Waals surface area contributed by atoms with Gasteiger partial charge in [-0.15, -0.1) is 0 Å². The van der Waals surface area contributed by atoms with Gasteiger partial charge in [-0.2, -0.15) is 5.10 Å². The number of aromatic nitrogens is 2. The molecule has 160 valence electrons. The first kappa shape index (κ1) is 19.9. The average Bonchev–Trinajstić information content (AvgIpc) is 3.48. The number of hydrogen-bond donors (Lipinski definition) is 0. The number of rotatable bonds is 5. The summed E-state index contributed by atoms with van der Waals surface area (Å²) >= 11 is 0. The van der Waals surface area contributed by atoms with Gasteiger partial charge in [0, 0.05) is 56.0 Å². The standard InChI is InChI=1S/C25H27FN4O/c1-2-29-14-18(12-27-29)13-28-15-21-16-30(25(31)19-7-4-3-5-8-19)24(23(21)17-28)20-9-6-10-22(26)11-20/h3-12,14,21,23-24H,2,13,15-17H2,1H3/t21-,23-,24+/m0/s1. The predicted molar refractivity (Wildman–Crippen MR) is 117 cm³/mol. The maximum Gasteiger partial charge on any atom is 0.254 e. The molecule has 0 unspecified atom stereocenters. The molecule has 2 aromatic carbocycles. The van der Waals surface area contributed by atoms with Crippen LogP contribution in [0, 0.1) is 17.7 Å². The number of hydrogen-bond acceptors (Lipinski definition) is 3. The highest BCUT2D eigenvalue weighted by Crippen LogP contribution is 2.45. The monoisotopic (exact) mass is 418 g/mol. The van der Waals surface area contributed by atoms with Crippen LogP contribution in [0.5, 0.6) is 0 Å². The van der Waals surface area contributed by atoms with Crippen LogP contribution in [-0.4, -0.2) is 45.1 Å². The Morgan fingerprint density at radius 1 is 1.10 bits per heavy atom. The van der Waals surface area contributed by atoms with E-state index in [0.29, 0.717) is 18.0 Å². The quantitative estimate of drug-likeness (QED) is 0.629. The van der Waals surface area contributed by atoms with Gasteiger partial charge < -0.3 is 4.90 Å². The van der Waals surface area contributed by atoms with E-state index in [1.54, 1.807) is 12.1 Å². The minimum atomic E-state index is -0.255. The molecule has 2 aliphatic heterocycles. The zero-order valence-corrected chi connectivity index (χ0v) is 17.7. The van der Waals surface area contributed by atoms with Crippen molar-refractivity contribution in [3.8, 4) is 0 Å². The number of fused-ring (bicyclic) bond motifs is 1. The van der Waals surface area contributed by atoms with Gasteiger partial charge in [-0.3, -0.25) is 14.4 Å². The Hall–Kier alpha value is -2.99. The molecule has 6 heteroatoms. The number of halogens is 1. The van der Waals surface area contributed by atoms with E-state index in [-0.39, 0.29) is 23.7 Å². The van der Waals surface area contributed by atoms with Gasteiger partial charge in [0.2, 0.25) is 0 Å². The second-order valence-corrected chi connectivity index (χ2v) is 8.65. The molecular weight excluding hydrogens is 391 g/mol. The third kappa shape index (κ3) is 3.88. The van der Waals surface area contributed by atoms with Gasteiger partial charge in [-0.05, 0) is 42.7 Å². The van der Waals surface area contributed by atoms with Crippen LogP contribution in [0.25, 0.3) is 0 Å². The van der Waals surface area contributed by atoms with Crippen molar-refractivity contribution in [1.29, 1.82) is 0 Å². The summed E-state index contributed by atoms with van der Waals surface area (Å²) in [4.78, 5) is 17.8. The number of carbonyl (C=O) groups excluding carboxylic acids is 1. The Balaban J connectivity index is 1.40. The molecule has 3 heterocycles. The summed E-state index contributed by atoms with van der Waals surface area (Å²) in [5.41, 5.74) is 2.78. The molecule has 0 N–H and O–H groups in total. The summed E-state index contributed by atoms with van der Waals surface area (Å²) < 4.78 is 16.0. The highest BCUT2D eigenvalue weighted by molar-refractivity contribution is 5.94. The molecule has 0 aliphatic carbocycles. The van der Waals surface area contributed by atoms with Crippen LogP contribution in [0.1, 0.15) is 34.5 Å². The third-order valence-electron chi connectivity index (χ3n) is 6.63. The van der Waals surface area contributed by atoms with E-state index in [4.69, 9.17) is 0 Å². The maximum absolute atomic E-state index is 14.1. The Labute approximate surface area is 182 Å². The third-order valence-corrected chi connectivity index (χ3v) is 6.63. The van der Waals surface area contributed by atoms with E-state index in [9.17, 15) is 9.18 Å². The number of carbonyl (C=O) groups is 1. The highest BCUT2D eigenvalue weighted by atomic mass is 19.1. The predicted octanol–water partition coefficient (Wildman–Crippen LogP) is 3.99. The first-order valence-electron chi connectivity index (χ1n) is 11.0. The van der Waals surface area contributed by atoms with Gasteiger partial charge in [0.15, 0.2) is 0 Å². The molecule has 2 aliphatic rings. The number of aryl methyl sites for hydroxylation is 1. The molecule has 2 saturated heterocycles. The molecule has 0 saturated carbocycles. The summed E-state index contributed by atoms with van der Waals surface area (Å²) in [6.45, 7) is 6.33. The lowest BCUT2D eigenvalue weighted by Crippen LogP contribution is -2.35. The van der Waals surface area contributed by atoms with Crippen LogP contribution in [0.15, 0.2) is 67.0 Å². The fourth-order valence-corrected chi connectivity index (χ4v) is 5.26. The summed E-state index contributed by atoms with van der Waals surface area (Å²) in [6, 6.07) is 16.0. The van der Waals surface area contributed by atoms with Gasteiger partial charge in [0.05, 0.1) is 12.2 Å². The minimum absolute atomic E-state index is 0.0278. The molecule has 1 aromatic heterocycles. The normalized spacial score (nSPS) is 23.3. The topological polar surface area (TPSA) is 41.4 Å². The zero-order valence-electron chi connectivity index (χ0n) is 17.7. The molecule has 0 spiro atoms. The van der Waals surface area contributed by atoms with Crippen molar-refractivity contribution in [1.82, 2.24) is 19.6 Å². The van der Waals surface area contributed by atoms with E-state index in [2.05, 4.69) is 23.1 Å². The molecule has 5 rings (SSSR count). The van der Waals surface area contributed by atoms with Crippen LogP contribution in [0.2, 0.25) is 0 Å². The van der Waals surface area contributed by atoms with Crippen LogP contribution in [-0.2, 0) is 13.1 Å². The SMILES string of the molecule is CCn1cc(CN2C[C@H]3CN(C(=O)c4ccccc4)[C@H](c4cccc(F)c4)[C@H]3C2)cn1. The van der Waals surface area contributed by atoms with Crippen molar-refractivity contribution in [2.75, 3.05) is 19.6 Å². The summed E-state index contributed by atoms with van der Waals surface area (Å²) in [7, 11) is 0. The van der Waals surface area contributed by atoms with Crippen LogP contribution in [0.3, 0.4) is 0 Å². The van der Waals surface area contributed by atoms with Crippen molar-refractivity contribution in [3.05, 3.63) is 89.5 Å². The van der Waals surface area contributed by atoms with E-state index in [1.165, 1.54) is 11.6 Å². The fourth-order valence-electron chi connectivity index (χ4n) is 5.26. The second kappa shape index (κ2) is 8.27. The van der Waals surface area contributed by atoms with Crippen molar-refractivity contribution in [2.24, 2.45) is 11.8 Å². The lowest BCUT2D eigenvalue weighted by atomic mass is 9.89. The molecule has 1 amide bonds. The van der Waals surface area contributed by atoms with Gasteiger partial charge in [0.25, 0.3) is 5.91 Å². The van der Waals surface area contributed by atoms with E-state index >= 15 is 0 Å². The van der Waals surface area contributed by atoms with E-state index in [1.807, 2.05) is 52.2 Å². The molecule has 3 aromatic rings. The molecule has 0 bridgehead atoms. The molecule has 0 radical (unpaired) electrons. The first-order chi connectivity index (χ1) is 15.1. The lowest BCUT2D eigenvalue weighted by molar-refractivity contribution is 0.0699. The van der Waals surface area contributed by atoms with Gasteiger partial charge in [-0.1, -0.05) is 30.3 Å². The van der Waals surface area contributed by atoms with Crippen molar-refractivity contribution in [2.45, 2.75) is 26.1 Å². The van der Waals surface area contributed by atoms with Crippen LogP contribution in [0.4, 0.5) is 4.39 Å². The molecule has 31 heavy (non-hydrogen) atoms. The largest absolute Gasteiger partial charge is 0.331 e. The Morgan fingerprint density at radius 3 is 2.68 bits per heavy atom. The number of likely N-dealkylation sites (tertiary alicyclic amines) is 2. The number of nitrogens with zero attached hydrogens (tertiary/aromatic N) is 4. The van der Waals surface area contributed by atoms with Crippen LogP contribution >= 0.6 is 0 Å². The van der Waals surface area contributed by atoms with E-state index in [0.717, 1.165) is 31.7 Å². The van der Waals surface area contributed by atoms with Crippen molar-refractivity contribution in [3.63, 3.8) is 0 Å². The summed E-state index contributed by atoms with van der Waals surface area (Å²) in [5.74, 6) is 0.438. The molecular formula is C25H27FN4O. The van der Waals surface area contributed by atoms with E-state index < -0.39 is 0 Å². The summed E-state index contributed by atoms with van der Waals surface area (Å²) in [6.07, 6.45) is 4.04. The van der Waals surface area contributed by atoms with Gasteiger partial charge >= 0.3 is 0 Å². The average molecular weight is 419 g/mol. The molecule has 5 nitrogen and oxygen atoms in total. The fraction of sp³-hybridized carbons (Fsp3) is 0.360. The molecule has 2 fully saturated rings. The first-order valence-corrected chi connectivity index (χ1v) is 11.0. The van der Waals surface area contributed by atoms with Crippen molar-refractivity contribution >= 4 is 5.91 Å². The Kier molecular flexibility index (Phi) is 5.32. The van der Waals surface area contributed by atoms with Crippen molar-refractivity contribution < 1.29 is 9.18 Å². The van der Waals surface area contributed by atoms with Gasteiger partial charge in [-0.25, -0.2) is 4.39 Å². The number of amides is 1. The second-order valence-electron chi connectivity index (χ2n) is 8.65. The van der Waals surface area contributed by atoms with Gasteiger partial charge in [0.1, 0.15) is 5.82 Å². The number of benzene rings is 2. The molecule has 3 atom stereocenters.